The molecule has 0 atom stereocenters. The molecule has 2 rings (SSSR count). The van der Waals surface area contributed by atoms with Gasteiger partial charge in [0, 0.05) is 11.5 Å². The van der Waals surface area contributed by atoms with Crippen molar-refractivity contribution in [3.8, 4) is 0 Å². The first-order valence-electron chi connectivity index (χ1n) is 6.69. The fraction of sp³-hybridized carbons (Fsp3) is 0.562. The number of rotatable bonds is 2. The van der Waals surface area contributed by atoms with Gasteiger partial charge in [0.25, 0.3) is 0 Å². The average molecular weight is 248 g/mol. The minimum atomic E-state index is -0.270. The Morgan fingerprint density at radius 2 is 1.89 bits per heavy atom. The maximum absolute atomic E-state index is 13.0. The first kappa shape index (κ1) is 13.3. The van der Waals surface area contributed by atoms with Gasteiger partial charge < -0.3 is 0 Å². The second kappa shape index (κ2) is 4.83. The van der Waals surface area contributed by atoms with Gasteiger partial charge in [-0.1, -0.05) is 13.8 Å². The molecule has 0 unspecified atom stereocenters. The van der Waals surface area contributed by atoms with Gasteiger partial charge >= 0.3 is 0 Å². The highest BCUT2D eigenvalue weighted by molar-refractivity contribution is 5.99. The Hall–Kier alpha value is -1.18. The van der Waals surface area contributed by atoms with Crippen molar-refractivity contribution in [1.82, 2.24) is 0 Å². The van der Waals surface area contributed by atoms with E-state index in [-0.39, 0.29) is 17.5 Å². The van der Waals surface area contributed by atoms with Crippen LogP contribution >= 0.6 is 0 Å². The van der Waals surface area contributed by atoms with Gasteiger partial charge in [-0.25, -0.2) is 4.39 Å². The van der Waals surface area contributed by atoms with Gasteiger partial charge in [0.1, 0.15) is 5.82 Å². The zero-order valence-corrected chi connectivity index (χ0v) is 11.4. The van der Waals surface area contributed by atoms with Crippen LogP contribution < -0.4 is 0 Å². The van der Waals surface area contributed by atoms with E-state index in [9.17, 15) is 9.18 Å². The minimum absolute atomic E-state index is 0.127. The molecule has 0 spiro atoms. The number of carbonyl (C=O) groups is 1. The van der Waals surface area contributed by atoms with Gasteiger partial charge in [0.05, 0.1) is 0 Å². The number of aryl methyl sites for hydroxylation is 1. The van der Waals surface area contributed by atoms with Crippen LogP contribution in [-0.4, -0.2) is 5.78 Å². The molecule has 1 aliphatic rings. The number of Topliss-reactive ketones (excluding diaryl/α,β-unsaturated/α-hetero) is 1. The summed E-state index contributed by atoms with van der Waals surface area (Å²) in [6, 6.07) is 4.46. The monoisotopic (exact) mass is 248 g/mol. The lowest BCUT2D eigenvalue weighted by Crippen LogP contribution is -2.26. The quantitative estimate of drug-likeness (QED) is 0.702. The normalized spacial score (nSPS) is 19.8. The third-order valence-electron chi connectivity index (χ3n) is 4.16. The second-order valence-electron chi connectivity index (χ2n) is 6.26. The van der Waals surface area contributed by atoms with Gasteiger partial charge in [-0.2, -0.15) is 0 Å². The fourth-order valence-electron chi connectivity index (χ4n) is 2.78. The maximum atomic E-state index is 13.0. The highest BCUT2D eigenvalue weighted by Gasteiger charge is 2.31. The largest absolute Gasteiger partial charge is 0.294 e. The van der Waals surface area contributed by atoms with E-state index >= 15 is 0 Å². The summed E-state index contributed by atoms with van der Waals surface area (Å²) in [5.41, 5.74) is 1.82. The zero-order valence-electron chi connectivity index (χ0n) is 11.4. The molecule has 1 fully saturated rings. The summed E-state index contributed by atoms with van der Waals surface area (Å²) in [5, 5.41) is 0. The zero-order chi connectivity index (χ0) is 13.3. The van der Waals surface area contributed by atoms with Gasteiger partial charge in [-0.05, 0) is 61.8 Å². The van der Waals surface area contributed by atoms with Crippen LogP contribution in [0.5, 0.6) is 0 Å². The van der Waals surface area contributed by atoms with Crippen molar-refractivity contribution in [2.75, 3.05) is 0 Å². The number of halogens is 1. The Morgan fingerprint density at radius 3 is 2.44 bits per heavy atom. The van der Waals surface area contributed by atoms with Crippen LogP contribution in [0.4, 0.5) is 4.39 Å². The average Bonchev–Trinajstić information content (AvgIpc) is 2.28. The van der Waals surface area contributed by atoms with E-state index in [1.807, 2.05) is 6.92 Å². The first-order valence-corrected chi connectivity index (χ1v) is 6.69. The molecule has 1 aliphatic carbocycles. The van der Waals surface area contributed by atoms with E-state index < -0.39 is 0 Å². The van der Waals surface area contributed by atoms with Gasteiger partial charge in [-0.15, -0.1) is 0 Å². The topological polar surface area (TPSA) is 17.1 Å². The molecular formula is C16H21FO. The molecule has 98 valence electrons. The van der Waals surface area contributed by atoms with E-state index in [2.05, 4.69) is 13.8 Å². The molecule has 1 saturated carbocycles. The highest BCUT2D eigenvalue weighted by Crippen LogP contribution is 2.39. The van der Waals surface area contributed by atoms with Crippen LogP contribution in [0.3, 0.4) is 0 Å². The Bertz CT molecular complexity index is 452. The van der Waals surface area contributed by atoms with Crippen LogP contribution in [0, 0.1) is 24.1 Å². The highest BCUT2D eigenvalue weighted by atomic mass is 19.1. The van der Waals surface area contributed by atoms with Crippen molar-refractivity contribution in [3.63, 3.8) is 0 Å². The van der Waals surface area contributed by atoms with E-state index in [0.717, 1.165) is 31.2 Å². The predicted octanol–water partition coefficient (Wildman–Crippen LogP) is 4.53. The standard InChI is InChI=1S/C16H21FO/c1-11-10-13(17)4-5-14(11)15(18)12-6-8-16(2,3)9-7-12/h4-5,10,12H,6-9H2,1-3H3. The predicted molar refractivity (Wildman–Crippen MR) is 71.2 cm³/mol. The molecule has 0 bridgehead atoms. The Labute approximate surface area is 108 Å². The maximum Gasteiger partial charge on any atom is 0.166 e. The summed E-state index contributed by atoms with van der Waals surface area (Å²) in [7, 11) is 0. The first-order chi connectivity index (χ1) is 8.39. The van der Waals surface area contributed by atoms with E-state index in [1.54, 1.807) is 6.07 Å². The molecule has 0 saturated heterocycles. The van der Waals surface area contributed by atoms with Crippen molar-refractivity contribution in [2.45, 2.75) is 46.5 Å². The summed E-state index contributed by atoms with van der Waals surface area (Å²) in [6.07, 6.45) is 4.12. The molecule has 18 heavy (non-hydrogen) atoms. The Morgan fingerprint density at radius 1 is 1.28 bits per heavy atom. The number of carbonyl (C=O) groups excluding carboxylic acids is 1. The molecule has 0 N–H and O–H groups in total. The molecule has 0 radical (unpaired) electrons. The Kier molecular flexibility index (Phi) is 3.56. The third kappa shape index (κ3) is 2.80. The molecule has 1 aromatic carbocycles. The lowest BCUT2D eigenvalue weighted by Gasteiger charge is -2.33. The van der Waals surface area contributed by atoms with E-state index in [0.29, 0.717) is 11.0 Å². The van der Waals surface area contributed by atoms with Crippen LogP contribution in [0.25, 0.3) is 0 Å². The number of benzene rings is 1. The van der Waals surface area contributed by atoms with Gasteiger partial charge in [-0.3, -0.25) is 4.79 Å². The van der Waals surface area contributed by atoms with Crippen molar-refractivity contribution in [3.05, 3.63) is 35.1 Å². The van der Waals surface area contributed by atoms with Crippen molar-refractivity contribution >= 4 is 5.78 Å². The smallest absolute Gasteiger partial charge is 0.166 e. The fourth-order valence-corrected chi connectivity index (χ4v) is 2.78. The van der Waals surface area contributed by atoms with Gasteiger partial charge in [0.2, 0.25) is 0 Å². The van der Waals surface area contributed by atoms with Crippen LogP contribution in [-0.2, 0) is 0 Å². The number of hydrogen-bond donors (Lipinski definition) is 0. The Balaban J connectivity index is 2.13. The lowest BCUT2D eigenvalue weighted by molar-refractivity contribution is 0.0837. The summed E-state index contributed by atoms with van der Waals surface area (Å²) >= 11 is 0. The lowest BCUT2D eigenvalue weighted by atomic mass is 9.71. The van der Waals surface area contributed by atoms with Crippen molar-refractivity contribution < 1.29 is 9.18 Å². The molecule has 0 heterocycles. The summed E-state index contributed by atoms with van der Waals surface area (Å²) < 4.78 is 13.0. The van der Waals surface area contributed by atoms with Crippen LogP contribution in [0.15, 0.2) is 18.2 Å². The summed E-state index contributed by atoms with van der Waals surface area (Å²) in [6.45, 7) is 6.33. The van der Waals surface area contributed by atoms with E-state index in [4.69, 9.17) is 0 Å². The molecule has 0 amide bonds. The molecule has 1 aromatic rings. The molecule has 1 nitrogen and oxygen atoms in total. The number of ketones is 1. The summed E-state index contributed by atoms with van der Waals surface area (Å²) in [4.78, 5) is 12.4. The third-order valence-corrected chi connectivity index (χ3v) is 4.16. The van der Waals surface area contributed by atoms with Crippen molar-refractivity contribution in [1.29, 1.82) is 0 Å². The second-order valence-corrected chi connectivity index (χ2v) is 6.26. The van der Waals surface area contributed by atoms with Crippen LogP contribution in [0.2, 0.25) is 0 Å². The van der Waals surface area contributed by atoms with Crippen LogP contribution in [0.1, 0.15) is 55.5 Å². The van der Waals surface area contributed by atoms with Gasteiger partial charge in [0.15, 0.2) is 5.78 Å². The minimum Gasteiger partial charge on any atom is -0.294 e. The molecule has 0 aromatic heterocycles. The molecule has 2 heteroatoms. The van der Waals surface area contributed by atoms with E-state index in [1.165, 1.54) is 12.1 Å². The number of hydrogen-bond acceptors (Lipinski definition) is 1. The van der Waals surface area contributed by atoms with Crippen molar-refractivity contribution in [2.24, 2.45) is 11.3 Å². The SMILES string of the molecule is Cc1cc(F)ccc1C(=O)C1CCC(C)(C)CC1. The molecule has 0 aliphatic heterocycles. The summed E-state index contributed by atoms with van der Waals surface area (Å²) in [5.74, 6) is 0.0546. The molecular weight excluding hydrogens is 227 g/mol.